The van der Waals surface area contributed by atoms with Crippen molar-refractivity contribution in [3.05, 3.63) is 66.5 Å². The zero-order valence-corrected chi connectivity index (χ0v) is 14.0. The van der Waals surface area contributed by atoms with Gasteiger partial charge in [0, 0.05) is 12.4 Å². The van der Waals surface area contributed by atoms with Gasteiger partial charge < -0.3 is 4.74 Å². The second kappa shape index (κ2) is 6.96. The van der Waals surface area contributed by atoms with E-state index < -0.39 is 28.2 Å². The standard InChI is InChI=1S/C16H14F3N3O3S/c17-16(18,19)26(23,24)21-11-13(12-5-2-1-3-6-12)25-15-8-4-7-14-20-9-10-22(14)15/h1-10,13,21H,11H2. The van der Waals surface area contributed by atoms with Gasteiger partial charge in [-0.1, -0.05) is 36.4 Å². The summed E-state index contributed by atoms with van der Waals surface area (Å²) in [5, 5.41) is 0. The lowest BCUT2D eigenvalue weighted by atomic mass is 10.1. The summed E-state index contributed by atoms with van der Waals surface area (Å²) < 4.78 is 69.3. The zero-order valence-electron chi connectivity index (χ0n) is 13.2. The summed E-state index contributed by atoms with van der Waals surface area (Å²) in [6.45, 7) is -0.586. The molecule has 0 fully saturated rings. The number of nitrogens with one attached hydrogen (secondary N) is 1. The Morgan fingerprint density at radius 3 is 2.54 bits per heavy atom. The van der Waals surface area contributed by atoms with Crippen molar-refractivity contribution >= 4 is 15.7 Å². The van der Waals surface area contributed by atoms with E-state index in [2.05, 4.69) is 4.98 Å². The van der Waals surface area contributed by atoms with E-state index in [0.29, 0.717) is 17.1 Å². The number of alkyl halides is 3. The third-order valence-electron chi connectivity index (χ3n) is 3.59. The molecule has 1 atom stereocenters. The molecule has 6 nitrogen and oxygen atoms in total. The molecule has 0 aliphatic rings. The van der Waals surface area contributed by atoms with E-state index in [4.69, 9.17) is 4.74 Å². The van der Waals surface area contributed by atoms with Crippen LogP contribution in [0.2, 0.25) is 0 Å². The van der Waals surface area contributed by atoms with Crippen LogP contribution < -0.4 is 9.46 Å². The summed E-state index contributed by atoms with van der Waals surface area (Å²) >= 11 is 0. The van der Waals surface area contributed by atoms with E-state index in [1.165, 1.54) is 0 Å². The van der Waals surface area contributed by atoms with Gasteiger partial charge in [0.2, 0.25) is 0 Å². The molecule has 0 aliphatic heterocycles. The number of sulfonamides is 1. The number of rotatable bonds is 6. The summed E-state index contributed by atoms with van der Waals surface area (Å²) in [5.74, 6) is 0.319. The normalized spacial score (nSPS) is 13.7. The highest BCUT2D eigenvalue weighted by atomic mass is 32.2. The molecule has 0 radical (unpaired) electrons. The first kappa shape index (κ1) is 18.2. The lowest BCUT2D eigenvalue weighted by Gasteiger charge is -2.21. The molecular formula is C16H14F3N3O3S. The van der Waals surface area contributed by atoms with Crippen molar-refractivity contribution in [3.8, 4) is 5.88 Å². The van der Waals surface area contributed by atoms with Gasteiger partial charge in [-0.05, 0) is 17.7 Å². The summed E-state index contributed by atoms with van der Waals surface area (Å²) in [6.07, 6.45) is 2.21. The topological polar surface area (TPSA) is 72.7 Å². The summed E-state index contributed by atoms with van der Waals surface area (Å²) in [6, 6.07) is 13.4. The molecule has 0 amide bonds. The van der Waals surface area contributed by atoms with Gasteiger partial charge in [-0.25, -0.2) is 18.1 Å². The van der Waals surface area contributed by atoms with Gasteiger partial charge in [-0.3, -0.25) is 4.40 Å². The second-order valence-electron chi connectivity index (χ2n) is 5.33. The van der Waals surface area contributed by atoms with E-state index in [1.807, 2.05) is 0 Å². The van der Waals surface area contributed by atoms with Crippen LogP contribution in [0.25, 0.3) is 5.65 Å². The molecule has 10 heteroatoms. The minimum Gasteiger partial charge on any atom is -0.469 e. The Balaban J connectivity index is 1.89. The molecule has 0 aliphatic carbocycles. The Kier molecular flexibility index (Phi) is 4.88. The minimum absolute atomic E-state index is 0.319. The predicted molar refractivity (Wildman–Crippen MR) is 88.0 cm³/mol. The van der Waals surface area contributed by atoms with Crippen molar-refractivity contribution in [2.24, 2.45) is 0 Å². The zero-order chi connectivity index (χ0) is 18.8. The van der Waals surface area contributed by atoms with Gasteiger partial charge >= 0.3 is 15.5 Å². The molecule has 0 bridgehead atoms. The van der Waals surface area contributed by atoms with Crippen LogP contribution >= 0.6 is 0 Å². The third-order valence-corrected chi connectivity index (χ3v) is 4.74. The smallest absolute Gasteiger partial charge is 0.469 e. The summed E-state index contributed by atoms with van der Waals surface area (Å²) in [7, 11) is -5.47. The van der Waals surface area contributed by atoms with Gasteiger partial charge in [-0.15, -0.1) is 0 Å². The van der Waals surface area contributed by atoms with Gasteiger partial charge in [0.1, 0.15) is 11.8 Å². The average molecular weight is 385 g/mol. The molecule has 138 valence electrons. The number of nitrogens with zero attached hydrogens (tertiary/aromatic N) is 2. The number of aromatic nitrogens is 2. The molecule has 2 heterocycles. The van der Waals surface area contributed by atoms with Crippen molar-refractivity contribution in [1.82, 2.24) is 14.1 Å². The molecule has 0 saturated carbocycles. The van der Waals surface area contributed by atoms with E-state index in [-0.39, 0.29) is 0 Å². The largest absolute Gasteiger partial charge is 0.511 e. The van der Waals surface area contributed by atoms with Crippen molar-refractivity contribution < 1.29 is 26.3 Å². The minimum atomic E-state index is -5.47. The Morgan fingerprint density at radius 2 is 1.85 bits per heavy atom. The van der Waals surface area contributed by atoms with E-state index in [0.717, 1.165) is 0 Å². The molecule has 26 heavy (non-hydrogen) atoms. The van der Waals surface area contributed by atoms with Crippen LogP contribution in [0.15, 0.2) is 60.9 Å². The lowest BCUT2D eigenvalue weighted by Crippen LogP contribution is -2.39. The number of fused-ring (bicyclic) bond motifs is 1. The summed E-state index contributed by atoms with van der Waals surface area (Å²) in [4.78, 5) is 4.10. The number of hydrogen-bond donors (Lipinski definition) is 1. The molecule has 1 aromatic carbocycles. The van der Waals surface area contributed by atoms with Crippen LogP contribution in [-0.2, 0) is 10.0 Å². The van der Waals surface area contributed by atoms with Crippen LogP contribution in [0.1, 0.15) is 11.7 Å². The number of imidazole rings is 1. The van der Waals surface area contributed by atoms with E-state index >= 15 is 0 Å². The highest BCUT2D eigenvalue weighted by Gasteiger charge is 2.45. The predicted octanol–water partition coefficient (Wildman–Crippen LogP) is 2.89. The maximum Gasteiger partial charge on any atom is 0.511 e. The average Bonchev–Trinajstić information content (AvgIpc) is 3.08. The number of halogens is 3. The highest BCUT2D eigenvalue weighted by Crippen LogP contribution is 2.25. The van der Waals surface area contributed by atoms with Crippen LogP contribution in [0.4, 0.5) is 13.2 Å². The van der Waals surface area contributed by atoms with Crippen LogP contribution in [0.3, 0.4) is 0 Å². The monoisotopic (exact) mass is 385 g/mol. The number of benzene rings is 1. The quantitative estimate of drug-likeness (QED) is 0.708. The fraction of sp³-hybridized carbons (Fsp3) is 0.188. The van der Waals surface area contributed by atoms with Gasteiger partial charge in [0.25, 0.3) is 0 Å². The Hall–Kier alpha value is -2.59. The molecule has 3 rings (SSSR count). The molecule has 0 spiro atoms. The van der Waals surface area contributed by atoms with Crippen molar-refractivity contribution in [1.29, 1.82) is 0 Å². The number of hydrogen-bond acceptors (Lipinski definition) is 4. The maximum atomic E-state index is 12.6. The SMILES string of the molecule is O=S(=O)(NCC(Oc1cccc2nccn12)c1ccccc1)C(F)(F)F. The molecular weight excluding hydrogens is 371 g/mol. The molecule has 1 N–H and O–H groups in total. The Labute approximate surface area is 147 Å². The maximum absolute atomic E-state index is 12.6. The number of ether oxygens (including phenoxy) is 1. The molecule has 1 unspecified atom stereocenters. The fourth-order valence-electron chi connectivity index (χ4n) is 2.33. The number of pyridine rings is 1. The van der Waals surface area contributed by atoms with Crippen LogP contribution in [0.5, 0.6) is 5.88 Å². The van der Waals surface area contributed by atoms with Crippen LogP contribution in [0, 0.1) is 0 Å². The van der Waals surface area contributed by atoms with Gasteiger partial charge in [0.15, 0.2) is 5.88 Å². The second-order valence-corrected chi connectivity index (χ2v) is 7.09. The van der Waals surface area contributed by atoms with E-state index in [9.17, 15) is 21.6 Å². The first-order valence-electron chi connectivity index (χ1n) is 7.47. The summed E-state index contributed by atoms with van der Waals surface area (Å²) in [5.41, 5.74) is -4.28. The molecule has 3 aromatic rings. The third kappa shape index (κ3) is 3.81. The highest BCUT2D eigenvalue weighted by molar-refractivity contribution is 7.90. The Morgan fingerprint density at radius 1 is 1.12 bits per heavy atom. The van der Waals surface area contributed by atoms with Gasteiger partial charge in [-0.2, -0.15) is 13.2 Å². The van der Waals surface area contributed by atoms with Crippen molar-refractivity contribution in [3.63, 3.8) is 0 Å². The fourth-order valence-corrected chi connectivity index (χ4v) is 2.86. The van der Waals surface area contributed by atoms with Crippen molar-refractivity contribution in [2.45, 2.75) is 11.6 Å². The van der Waals surface area contributed by atoms with Crippen molar-refractivity contribution in [2.75, 3.05) is 6.54 Å². The first-order valence-corrected chi connectivity index (χ1v) is 8.96. The molecule has 2 aromatic heterocycles. The Bertz CT molecular complexity index is 988. The van der Waals surface area contributed by atoms with Crippen LogP contribution in [-0.4, -0.2) is 29.9 Å². The van der Waals surface area contributed by atoms with E-state index in [1.54, 1.807) is 70.0 Å². The first-order chi connectivity index (χ1) is 12.3. The molecule has 0 saturated heterocycles. The van der Waals surface area contributed by atoms with Gasteiger partial charge in [0.05, 0.1) is 6.54 Å². The lowest BCUT2D eigenvalue weighted by molar-refractivity contribution is -0.0449.